The molecule has 2 aliphatic rings. The van der Waals surface area contributed by atoms with E-state index < -0.39 is 0 Å². The lowest BCUT2D eigenvalue weighted by Crippen LogP contribution is -2.42. The standard InChI is InChI=1S/C10H18O2/c1-9(2)7(6-11)10(3)5-4-8(9)12-10/h7-8,11H,4-6H2,1-3H3/t7-,8-,10+/m1/s1. The predicted molar refractivity (Wildman–Crippen MR) is 46.9 cm³/mol. The number of ether oxygens (including phenoxy) is 1. The summed E-state index contributed by atoms with van der Waals surface area (Å²) in [6, 6.07) is 0. The van der Waals surface area contributed by atoms with Gasteiger partial charge in [0.25, 0.3) is 0 Å². The van der Waals surface area contributed by atoms with Crippen LogP contribution in [0, 0.1) is 11.3 Å². The Kier molecular flexibility index (Phi) is 1.59. The first-order chi connectivity index (χ1) is 5.50. The van der Waals surface area contributed by atoms with Gasteiger partial charge in [-0.05, 0) is 25.2 Å². The molecule has 12 heavy (non-hydrogen) atoms. The molecule has 2 bridgehead atoms. The van der Waals surface area contributed by atoms with Crippen LogP contribution in [0.1, 0.15) is 33.6 Å². The van der Waals surface area contributed by atoms with E-state index in [0.717, 1.165) is 6.42 Å². The van der Waals surface area contributed by atoms with Gasteiger partial charge < -0.3 is 9.84 Å². The molecular formula is C10H18O2. The summed E-state index contributed by atoms with van der Waals surface area (Å²) in [4.78, 5) is 0. The van der Waals surface area contributed by atoms with Gasteiger partial charge in [0, 0.05) is 12.5 Å². The lowest BCUT2D eigenvalue weighted by Gasteiger charge is -2.37. The highest BCUT2D eigenvalue weighted by Crippen LogP contribution is 2.57. The Bertz CT molecular complexity index is 195. The Morgan fingerprint density at radius 3 is 2.42 bits per heavy atom. The van der Waals surface area contributed by atoms with E-state index in [1.165, 1.54) is 6.42 Å². The third-order valence-corrected chi connectivity index (χ3v) is 3.96. The molecule has 0 amide bonds. The Morgan fingerprint density at radius 2 is 2.08 bits per heavy atom. The van der Waals surface area contributed by atoms with Crippen LogP contribution in [-0.4, -0.2) is 23.4 Å². The lowest BCUT2D eigenvalue weighted by atomic mass is 9.64. The van der Waals surface area contributed by atoms with Crippen molar-refractivity contribution in [1.82, 2.24) is 0 Å². The molecule has 0 aromatic heterocycles. The third-order valence-electron chi connectivity index (χ3n) is 3.96. The number of aliphatic hydroxyl groups excluding tert-OH is 1. The molecule has 70 valence electrons. The van der Waals surface area contributed by atoms with Crippen molar-refractivity contribution in [3.8, 4) is 0 Å². The Labute approximate surface area is 73.9 Å². The van der Waals surface area contributed by atoms with E-state index in [1.807, 2.05) is 0 Å². The van der Waals surface area contributed by atoms with E-state index in [1.54, 1.807) is 0 Å². The molecule has 0 radical (unpaired) electrons. The molecule has 0 saturated carbocycles. The van der Waals surface area contributed by atoms with Crippen molar-refractivity contribution in [2.75, 3.05) is 6.61 Å². The molecule has 2 nitrogen and oxygen atoms in total. The molecule has 2 saturated heterocycles. The van der Waals surface area contributed by atoms with Gasteiger partial charge in [0.05, 0.1) is 11.7 Å². The molecule has 3 atom stereocenters. The molecule has 1 N–H and O–H groups in total. The number of hydrogen-bond donors (Lipinski definition) is 1. The first-order valence-electron chi connectivity index (χ1n) is 4.79. The fourth-order valence-corrected chi connectivity index (χ4v) is 3.08. The van der Waals surface area contributed by atoms with Gasteiger partial charge in [0.1, 0.15) is 0 Å². The number of rotatable bonds is 1. The zero-order chi connectivity index (χ0) is 8.98. The maximum absolute atomic E-state index is 9.31. The highest BCUT2D eigenvalue weighted by molar-refractivity contribution is 5.08. The molecular weight excluding hydrogens is 152 g/mol. The van der Waals surface area contributed by atoms with Crippen molar-refractivity contribution in [2.45, 2.75) is 45.3 Å². The zero-order valence-electron chi connectivity index (χ0n) is 8.13. The quantitative estimate of drug-likeness (QED) is 0.647. The molecule has 0 aromatic rings. The highest BCUT2D eigenvalue weighted by atomic mass is 16.5. The molecule has 0 unspecified atom stereocenters. The summed E-state index contributed by atoms with van der Waals surface area (Å²) in [5.74, 6) is 0.323. The van der Waals surface area contributed by atoms with E-state index >= 15 is 0 Å². The summed E-state index contributed by atoms with van der Waals surface area (Å²) in [5.41, 5.74) is 0.130. The molecule has 0 aliphatic carbocycles. The van der Waals surface area contributed by atoms with Crippen LogP contribution in [0.25, 0.3) is 0 Å². The second-order valence-electron chi connectivity index (χ2n) is 5.01. The number of fused-ring (bicyclic) bond motifs is 2. The minimum Gasteiger partial charge on any atom is -0.396 e. The second kappa shape index (κ2) is 2.24. The van der Waals surface area contributed by atoms with Crippen molar-refractivity contribution < 1.29 is 9.84 Å². The first kappa shape index (κ1) is 8.52. The molecule has 2 aliphatic heterocycles. The lowest BCUT2D eigenvalue weighted by molar-refractivity contribution is -0.00545. The zero-order valence-corrected chi connectivity index (χ0v) is 8.13. The topological polar surface area (TPSA) is 29.5 Å². The maximum Gasteiger partial charge on any atom is 0.0715 e. The fraction of sp³-hybridized carbons (Fsp3) is 1.00. The fourth-order valence-electron chi connectivity index (χ4n) is 3.08. The molecule has 0 spiro atoms. The van der Waals surface area contributed by atoms with Crippen molar-refractivity contribution in [1.29, 1.82) is 0 Å². The second-order valence-corrected chi connectivity index (χ2v) is 5.01. The summed E-state index contributed by atoms with van der Waals surface area (Å²) in [7, 11) is 0. The van der Waals surface area contributed by atoms with Crippen LogP contribution in [0.5, 0.6) is 0 Å². The van der Waals surface area contributed by atoms with Gasteiger partial charge in [-0.2, -0.15) is 0 Å². The smallest absolute Gasteiger partial charge is 0.0715 e. The summed E-state index contributed by atoms with van der Waals surface area (Å²) in [6.07, 6.45) is 2.66. The maximum atomic E-state index is 9.31. The van der Waals surface area contributed by atoms with Crippen LogP contribution in [0.2, 0.25) is 0 Å². The largest absolute Gasteiger partial charge is 0.396 e. The van der Waals surface area contributed by atoms with Crippen molar-refractivity contribution in [3.63, 3.8) is 0 Å². The monoisotopic (exact) mass is 170 g/mol. The Hall–Kier alpha value is -0.0800. The van der Waals surface area contributed by atoms with E-state index in [2.05, 4.69) is 20.8 Å². The van der Waals surface area contributed by atoms with E-state index in [4.69, 9.17) is 4.74 Å². The minimum atomic E-state index is -0.0388. The van der Waals surface area contributed by atoms with E-state index in [0.29, 0.717) is 12.0 Å². The van der Waals surface area contributed by atoms with Crippen LogP contribution in [0.15, 0.2) is 0 Å². The van der Waals surface area contributed by atoms with Crippen molar-refractivity contribution in [2.24, 2.45) is 11.3 Å². The van der Waals surface area contributed by atoms with Gasteiger partial charge in [-0.25, -0.2) is 0 Å². The number of hydrogen-bond acceptors (Lipinski definition) is 2. The Balaban J connectivity index is 2.31. The van der Waals surface area contributed by atoms with Gasteiger partial charge in [-0.1, -0.05) is 13.8 Å². The first-order valence-corrected chi connectivity index (χ1v) is 4.79. The Morgan fingerprint density at radius 1 is 1.42 bits per heavy atom. The summed E-state index contributed by atoms with van der Waals surface area (Å²) in [5, 5.41) is 9.31. The van der Waals surface area contributed by atoms with Crippen LogP contribution < -0.4 is 0 Å². The van der Waals surface area contributed by atoms with Gasteiger partial charge in [0.15, 0.2) is 0 Å². The molecule has 2 fully saturated rings. The van der Waals surface area contributed by atoms with Gasteiger partial charge in [0.2, 0.25) is 0 Å². The molecule has 2 heterocycles. The minimum absolute atomic E-state index is 0.0388. The molecule has 2 heteroatoms. The van der Waals surface area contributed by atoms with E-state index in [9.17, 15) is 5.11 Å². The average Bonchev–Trinajstić information content (AvgIpc) is 2.39. The average molecular weight is 170 g/mol. The van der Waals surface area contributed by atoms with Crippen LogP contribution in [0.4, 0.5) is 0 Å². The SMILES string of the molecule is CC1(C)[C@@H](CO)[C@]2(C)CC[C@H]1O2. The van der Waals surface area contributed by atoms with Crippen molar-refractivity contribution >= 4 is 0 Å². The van der Waals surface area contributed by atoms with Crippen LogP contribution >= 0.6 is 0 Å². The molecule has 0 aromatic carbocycles. The highest BCUT2D eigenvalue weighted by Gasteiger charge is 2.60. The summed E-state index contributed by atoms with van der Waals surface area (Å²) in [6.45, 7) is 6.83. The summed E-state index contributed by atoms with van der Waals surface area (Å²) >= 11 is 0. The van der Waals surface area contributed by atoms with Gasteiger partial charge >= 0.3 is 0 Å². The predicted octanol–water partition coefficient (Wildman–Crippen LogP) is 1.57. The van der Waals surface area contributed by atoms with Crippen LogP contribution in [0.3, 0.4) is 0 Å². The third kappa shape index (κ3) is 0.826. The van der Waals surface area contributed by atoms with Gasteiger partial charge in [-0.15, -0.1) is 0 Å². The summed E-state index contributed by atoms with van der Waals surface area (Å²) < 4.78 is 5.92. The molecule has 2 rings (SSSR count). The number of aliphatic hydroxyl groups is 1. The van der Waals surface area contributed by atoms with Crippen molar-refractivity contribution in [3.05, 3.63) is 0 Å². The van der Waals surface area contributed by atoms with E-state index in [-0.39, 0.29) is 17.6 Å². The van der Waals surface area contributed by atoms with Crippen LogP contribution in [-0.2, 0) is 4.74 Å². The van der Waals surface area contributed by atoms with Gasteiger partial charge in [-0.3, -0.25) is 0 Å². The normalized spacial score (nSPS) is 50.0.